The lowest BCUT2D eigenvalue weighted by atomic mass is 9.94. The molecule has 0 radical (unpaired) electrons. The number of carbonyl (C=O) groups excluding carboxylic acids is 1. The molecule has 2 saturated heterocycles. The van der Waals surface area contributed by atoms with Crippen molar-refractivity contribution in [2.45, 2.75) is 25.0 Å². The van der Waals surface area contributed by atoms with Crippen molar-refractivity contribution in [3.63, 3.8) is 0 Å². The molecule has 4 aromatic rings. The highest BCUT2D eigenvalue weighted by atomic mass is 16.5. The van der Waals surface area contributed by atoms with Crippen molar-refractivity contribution < 1.29 is 14.6 Å². The highest BCUT2D eigenvalue weighted by Crippen LogP contribution is 2.30. The molecule has 218 valence electrons. The number of benzene rings is 3. The second-order valence-corrected chi connectivity index (χ2v) is 11.5. The molecule has 0 aliphatic carbocycles. The van der Waals surface area contributed by atoms with E-state index in [4.69, 9.17) is 4.74 Å². The van der Waals surface area contributed by atoms with E-state index >= 15 is 0 Å². The molecule has 1 unspecified atom stereocenters. The van der Waals surface area contributed by atoms with Gasteiger partial charge in [-0.15, -0.1) is 0 Å². The molecule has 7 heteroatoms. The van der Waals surface area contributed by atoms with Crippen LogP contribution in [0, 0.1) is 5.92 Å². The van der Waals surface area contributed by atoms with Gasteiger partial charge in [-0.25, -0.2) is 0 Å². The SMILES string of the molecule is O=C(C1CCN(CC(O)COc2cccc3ncccc23)CC1)N1CCN(C(c2ccccc2)c2ccccc2)CC1. The minimum absolute atomic E-state index is 0.0587. The number of likely N-dealkylation sites (tertiary alicyclic amines) is 1. The molecule has 42 heavy (non-hydrogen) atoms. The molecule has 0 saturated carbocycles. The van der Waals surface area contributed by atoms with Crippen molar-refractivity contribution in [1.82, 2.24) is 19.7 Å². The Kier molecular flexibility index (Phi) is 9.09. The third-order valence-electron chi connectivity index (χ3n) is 8.66. The summed E-state index contributed by atoms with van der Waals surface area (Å²) in [5, 5.41) is 11.6. The first kappa shape index (κ1) is 28.3. The van der Waals surface area contributed by atoms with Crippen LogP contribution < -0.4 is 4.74 Å². The Bertz CT molecular complexity index is 1390. The van der Waals surface area contributed by atoms with Gasteiger partial charge in [-0.3, -0.25) is 14.7 Å². The summed E-state index contributed by atoms with van der Waals surface area (Å²) in [6, 6.07) is 31.2. The third kappa shape index (κ3) is 6.65. The number of ether oxygens (including phenoxy) is 1. The van der Waals surface area contributed by atoms with E-state index in [0.29, 0.717) is 12.5 Å². The minimum atomic E-state index is -0.598. The van der Waals surface area contributed by atoms with Crippen LogP contribution in [0.15, 0.2) is 97.2 Å². The molecule has 2 aliphatic heterocycles. The number of β-amino-alcohol motifs (C(OH)–C–C–N with tert-alkyl or cyclic N) is 1. The number of rotatable bonds is 9. The lowest BCUT2D eigenvalue weighted by Crippen LogP contribution is -2.52. The van der Waals surface area contributed by atoms with Gasteiger partial charge in [0.05, 0.1) is 11.6 Å². The Labute approximate surface area is 248 Å². The zero-order valence-electron chi connectivity index (χ0n) is 24.1. The quantitative estimate of drug-likeness (QED) is 0.320. The number of pyridine rings is 1. The number of fused-ring (bicyclic) bond motifs is 1. The van der Waals surface area contributed by atoms with Crippen molar-refractivity contribution in [3.8, 4) is 5.75 Å². The summed E-state index contributed by atoms with van der Waals surface area (Å²) >= 11 is 0. The van der Waals surface area contributed by atoms with Crippen LogP contribution in [0.3, 0.4) is 0 Å². The molecule has 0 spiro atoms. The Morgan fingerprint density at radius 1 is 0.810 bits per heavy atom. The number of aromatic nitrogens is 1. The van der Waals surface area contributed by atoms with Crippen LogP contribution in [0.2, 0.25) is 0 Å². The fourth-order valence-corrected chi connectivity index (χ4v) is 6.44. The summed E-state index contributed by atoms with van der Waals surface area (Å²) in [6.07, 6.45) is 2.83. The van der Waals surface area contributed by atoms with Gasteiger partial charge in [0, 0.05) is 50.2 Å². The smallest absolute Gasteiger partial charge is 0.225 e. The summed E-state index contributed by atoms with van der Waals surface area (Å²) in [7, 11) is 0. The topological polar surface area (TPSA) is 69.1 Å². The number of piperidine rings is 1. The molecule has 1 N–H and O–H groups in total. The van der Waals surface area contributed by atoms with E-state index in [1.807, 2.05) is 30.3 Å². The molecular weight excluding hydrogens is 524 g/mol. The minimum Gasteiger partial charge on any atom is -0.490 e. The first-order valence-electron chi connectivity index (χ1n) is 15.2. The largest absolute Gasteiger partial charge is 0.490 e. The Hall–Kier alpha value is -3.78. The zero-order chi connectivity index (χ0) is 28.7. The fraction of sp³-hybridized carbons (Fsp3) is 0.371. The standard InChI is InChI=1S/C35H40N4O3/c40-30(26-42-33-15-7-14-32-31(33)13-8-18-36-32)25-37-19-16-29(17-20-37)35(41)39-23-21-38(22-24-39)34(27-9-3-1-4-10-27)28-11-5-2-6-12-28/h1-15,18,29-30,34,40H,16-17,19-26H2. The summed E-state index contributed by atoms with van der Waals surface area (Å²) in [6.45, 7) is 5.64. The van der Waals surface area contributed by atoms with Gasteiger partial charge in [0.25, 0.3) is 0 Å². The molecular formula is C35H40N4O3. The van der Waals surface area contributed by atoms with E-state index in [1.165, 1.54) is 11.1 Å². The Balaban J connectivity index is 0.969. The molecule has 0 bridgehead atoms. The summed E-state index contributed by atoms with van der Waals surface area (Å²) in [5.74, 6) is 1.09. The maximum absolute atomic E-state index is 13.5. The van der Waals surface area contributed by atoms with Crippen molar-refractivity contribution in [3.05, 3.63) is 108 Å². The average molecular weight is 565 g/mol. The number of nitrogens with zero attached hydrogens (tertiary/aromatic N) is 4. The van der Waals surface area contributed by atoms with E-state index in [9.17, 15) is 9.90 Å². The van der Waals surface area contributed by atoms with Crippen molar-refractivity contribution in [2.75, 3.05) is 52.4 Å². The molecule has 1 amide bonds. The van der Waals surface area contributed by atoms with Crippen molar-refractivity contribution in [1.29, 1.82) is 0 Å². The number of aliphatic hydroxyl groups excluding tert-OH is 1. The Morgan fingerprint density at radius 2 is 1.48 bits per heavy atom. The second kappa shape index (κ2) is 13.5. The normalized spacial score (nSPS) is 17.9. The highest BCUT2D eigenvalue weighted by Gasteiger charge is 2.33. The van der Waals surface area contributed by atoms with E-state index in [0.717, 1.165) is 68.8 Å². The number of aliphatic hydroxyl groups is 1. The maximum Gasteiger partial charge on any atom is 0.225 e. The van der Waals surface area contributed by atoms with Crippen molar-refractivity contribution in [2.24, 2.45) is 5.92 Å². The van der Waals surface area contributed by atoms with Crippen molar-refractivity contribution >= 4 is 16.8 Å². The number of hydrogen-bond donors (Lipinski definition) is 1. The zero-order valence-corrected chi connectivity index (χ0v) is 24.1. The molecule has 2 aliphatic rings. The number of hydrogen-bond acceptors (Lipinski definition) is 6. The predicted octanol–water partition coefficient (Wildman–Crippen LogP) is 4.62. The van der Waals surface area contributed by atoms with Gasteiger partial charge in [0.1, 0.15) is 18.5 Å². The first-order valence-corrected chi connectivity index (χ1v) is 15.2. The maximum atomic E-state index is 13.5. The van der Waals surface area contributed by atoms with E-state index < -0.39 is 6.10 Å². The molecule has 6 rings (SSSR count). The lowest BCUT2D eigenvalue weighted by molar-refractivity contribution is -0.139. The van der Waals surface area contributed by atoms with Gasteiger partial charge in [0.15, 0.2) is 0 Å². The van der Waals surface area contributed by atoms with Crippen LogP contribution in [-0.4, -0.2) is 89.2 Å². The number of amides is 1. The van der Waals surface area contributed by atoms with Gasteiger partial charge in [0.2, 0.25) is 5.91 Å². The van der Waals surface area contributed by atoms with Crippen LogP contribution in [0.1, 0.15) is 30.0 Å². The molecule has 1 atom stereocenters. The van der Waals surface area contributed by atoms with E-state index in [2.05, 4.69) is 80.3 Å². The molecule has 7 nitrogen and oxygen atoms in total. The highest BCUT2D eigenvalue weighted by molar-refractivity contribution is 5.84. The first-order chi connectivity index (χ1) is 20.7. The summed E-state index contributed by atoms with van der Waals surface area (Å²) < 4.78 is 5.96. The monoisotopic (exact) mass is 564 g/mol. The van der Waals surface area contributed by atoms with Gasteiger partial charge in [-0.1, -0.05) is 66.7 Å². The predicted molar refractivity (Wildman–Crippen MR) is 165 cm³/mol. The molecule has 1 aromatic heterocycles. The average Bonchev–Trinajstić information content (AvgIpc) is 3.05. The van der Waals surface area contributed by atoms with E-state index in [1.54, 1.807) is 6.20 Å². The van der Waals surface area contributed by atoms with Crippen LogP contribution >= 0.6 is 0 Å². The van der Waals surface area contributed by atoms with Crippen LogP contribution in [0.5, 0.6) is 5.75 Å². The van der Waals surface area contributed by atoms with Crippen LogP contribution in [0.4, 0.5) is 0 Å². The molecule has 2 fully saturated rings. The van der Waals surface area contributed by atoms with Crippen LogP contribution in [0.25, 0.3) is 10.9 Å². The summed E-state index contributed by atoms with van der Waals surface area (Å²) in [5.41, 5.74) is 3.46. The van der Waals surface area contributed by atoms with Gasteiger partial charge in [-0.2, -0.15) is 0 Å². The van der Waals surface area contributed by atoms with Gasteiger partial charge < -0.3 is 19.6 Å². The van der Waals surface area contributed by atoms with Gasteiger partial charge in [-0.05, 0) is 61.3 Å². The fourth-order valence-electron chi connectivity index (χ4n) is 6.44. The van der Waals surface area contributed by atoms with E-state index in [-0.39, 0.29) is 18.6 Å². The second-order valence-electron chi connectivity index (χ2n) is 11.5. The Morgan fingerprint density at radius 3 is 2.14 bits per heavy atom. The lowest BCUT2D eigenvalue weighted by Gasteiger charge is -2.41. The molecule has 3 aromatic carbocycles. The van der Waals surface area contributed by atoms with Crippen LogP contribution in [-0.2, 0) is 4.79 Å². The molecule has 3 heterocycles. The third-order valence-corrected chi connectivity index (χ3v) is 8.66. The number of carbonyl (C=O) groups is 1. The van der Waals surface area contributed by atoms with Gasteiger partial charge >= 0.3 is 0 Å². The summed E-state index contributed by atoms with van der Waals surface area (Å²) in [4.78, 5) is 24.7. The number of piperazine rings is 1.